The molecule has 0 heterocycles. The second-order valence-corrected chi connectivity index (χ2v) is 4.04. The Morgan fingerprint density at radius 3 is 2.69 bits per heavy atom. The number of hydrogen-bond acceptors (Lipinski definition) is 2. The molecule has 0 spiro atoms. The largest absolute Gasteiger partial charge is 0.491 e. The van der Waals surface area contributed by atoms with Gasteiger partial charge in [-0.25, -0.2) is 0 Å². The molecule has 0 aromatic heterocycles. The predicted molar refractivity (Wildman–Crippen MR) is 66.1 cm³/mol. The molecule has 2 heteroatoms. The summed E-state index contributed by atoms with van der Waals surface area (Å²) in [6.45, 7) is 9.24. The smallest absolute Gasteiger partial charge is 0.159 e. The summed E-state index contributed by atoms with van der Waals surface area (Å²) in [5.74, 6) is 0.904. The Bertz CT molecular complexity index is 392. The molecule has 0 saturated carbocycles. The van der Waals surface area contributed by atoms with Crippen LogP contribution in [0.25, 0.3) is 0 Å². The Labute approximate surface area is 96.9 Å². The zero-order chi connectivity index (χ0) is 12.1. The quantitative estimate of drug-likeness (QED) is 0.559. The predicted octanol–water partition coefficient (Wildman–Crippen LogP) is 3.40. The zero-order valence-electron chi connectivity index (χ0n) is 10.1. The van der Waals surface area contributed by atoms with Gasteiger partial charge in [0.25, 0.3) is 0 Å². The molecule has 0 unspecified atom stereocenters. The summed E-state index contributed by atoms with van der Waals surface area (Å²) in [4.78, 5) is 11.3. The molecule has 0 amide bonds. The number of ketones is 1. The Hall–Kier alpha value is -1.57. The van der Waals surface area contributed by atoms with E-state index >= 15 is 0 Å². The van der Waals surface area contributed by atoms with Gasteiger partial charge in [-0.1, -0.05) is 6.08 Å². The molecule has 0 aliphatic heterocycles. The molecule has 86 valence electrons. The zero-order valence-corrected chi connectivity index (χ0v) is 10.1. The van der Waals surface area contributed by atoms with Gasteiger partial charge in [0.2, 0.25) is 0 Å². The summed E-state index contributed by atoms with van der Waals surface area (Å²) in [6.07, 6.45) is 2.65. The molecule has 16 heavy (non-hydrogen) atoms. The fourth-order valence-electron chi connectivity index (χ4n) is 1.48. The minimum Gasteiger partial charge on any atom is -0.491 e. The lowest BCUT2D eigenvalue weighted by molar-refractivity contribution is 0.101. The molecular weight excluding hydrogens is 200 g/mol. The summed E-state index contributed by atoms with van der Waals surface area (Å²) in [5, 5.41) is 0. The first-order valence-corrected chi connectivity index (χ1v) is 5.46. The second-order valence-electron chi connectivity index (χ2n) is 4.04. The number of allylic oxidation sites excluding steroid dienone is 1. The molecule has 1 rings (SSSR count). The molecule has 0 radical (unpaired) electrons. The second kappa shape index (κ2) is 5.50. The van der Waals surface area contributed by atoms with E-state index in [1.54, 1.807) is 13.0 Å². The van der Waals surface area contributed by atoms with E-state index in [0.29, 0.717) is 12.0 Å². The van der Waals surface area contributed by atoms with Crippen LogP contribution in [0, 0.1) is 0 Å². The number of benzene rings is 1. The molecule has 0 saturated heterocycles. The first-order valence-electron chi connectivity index (χ1n) is 5.46. The van der Waals surface area contributed by atoms with Gasteiger partial charge < -0.3 is 4.74 Å². The highest BCUT2D eigenvalue weighted by molar-refractivity contribution is 5.94. The fraction of sp³-hybridized carbons (Fsp3) is 0.357. The number of rotatable bonds is 5. The van der Waals surface area contributed by atoms with Crippen LogP contribution in [0.15, 0.2) is 30.9 Å². The molecular formula is C14H18O2. The van der Waals surface area contributed by atoms with Gasteiger partial charge in [-0.2, -0.15) is 0 Å². The van der Waals surface area contributed by atoms with Crippen LogP contribution >= 0.6 is 0 Å². The lowest BCUT2D eigenvalue weighted by atomic mass is 10.0. The van der Waals surface area contributed by atoms with E-state index < -0.39 is 0 Å². The third-order valence-corrected chi connectivity index (χ3v) is 2.19. The van der Waals surface area contributed by atoms with Gasteiger partial charge in [0.1, 0.15) is 5.75 Å². The van der Waals surface area contributed by atoms with Gasteiger partial charge in [-0.05, 0) is 51.0 Å². The van der Waals surface area contributed by atoms with Crippen molar-refractivity contribution in [2.24, 2.45) is 0 Å². The highest BCUT2D eigenvalue weighted by Crippen LogP contribution is 2.22. The molecule has 1 aromatic carbocycles. The van der Waals surface area contributed by atoms with Crippen LogP contribution in [-0.4, -0.2) is 11.9 Å². The third-order valence-electron chi connectivity index (χ3n) is 2.19. The van der Waals surface area contributed by atoms with E-state index in [1.807, 2.05) is 32.1 Å². The van der Waals surface area contributed by atoms with Crippen LogP contribution in [0.2, 0.25) is 0 Å². The van der Waals surface area contributed by atoms with Gasteiger partial charge in [-0.15, -0.1) is 6.58 Å². The summed E-state index contributed by atoms with van der Waals surface area (Å²) >= 11 is 0. The monoisotopic (exact) mass is 218 g/mol. The van der Waals surface area contributed by atoms with Crippen molar-refractivity contribution in [1.29, 1.82) is 0 Å². The summed E-state index contributed by atoms with van der Waals surface area (Å²) in [5.41, 5.74) is 1.73. The fourth-order valence-corrected chi connectivity index (χ4v) is 1.48. The highest BCUT2D eigenvalue weighted by Gasteiger charge is 2.07. The van der Waals surface area contributed by atoms with Crippen molar-refractivity contribution in [2.75, 3.05) is 0 Å². The molecule has 0 bridgehead atoms. The minimum absolute atomic E-state index is 0.0707. The van der Waals surface area contributed by atoms with Crippen LogP contribution in [0.5, 0.6) is 5.75 Å². The van der Waals surface area contributed by atoms with Crippen LogP contribution in [0.1, 0.15) is 36.7 Å². The first kappa shape index (κ1) is 12.5. The normalized spacial score (nSPS) is 10.2. The summed E-state index contributed by atoms with van der Waals surface area (Å²) in [6, 6.07) is 5.53. The van der Waals surface area contributed by atoms with Gasteiger partial charge in [0, 0.05) is 5.56 Å². The van der Waals surface area contributed by atoms with E-state index in [1.165, 1.54) is 0 Å². The lowest BCUT2D eigenvalue weighted by Gasteiger charge is -2.14. The van der Waals surface area contributed by atoms with Crippen molar-refractivity contribution in [3.63, 3.8) is 0 Å². The van der Waals surface area contributed by atoms with E-state index in [2.05, 4.69) is 6.58 Å². The average Bonchev–Trinajstić information content (AvgIpc) is 2.20. The summed E-state index contributed by atoms with van der Waals surface area (Å²) in [7, 11) is 0. The maximum absolute atomic E-state index is 11.3. The van der Waals surface area contributed by atoms with Crippen molar-refractivity contribution in [1.82, 2.24) is 0 Å². The van der Waals surface area contributed by atoms with Crippen molar-refractivity contribution < 1.29 is 9.53 Å². The molecule has 0 aliphatic rings. The Kier molecular flexibility index (Phi) is 4.29. The highest BCUT2D eigenvalue weighted by atomic mass is 16.5. The number of ether oxygens (including phenoxy) is 1. The Balaban J connectivity index is 3.08. The van der Waals surface area contributed by atoms with E-state index in [4.69, 9.17) is 4.74 Å². The molecule has 0 atom stereocenters. The van der Waals surface area contributed by atoms with Crippen molar-refractivity contribution >= 4 is 5.78 Å². The first-order chi connectivity index (χ1) is 7.54. The third kappa shape index (κ3) is 3.23. The van der Waals surface area contributed by atoms with Crippen LogP contribution < -0.4 is 4.74 Å². The Morgan fingerprint density at radius 2 is 2.19 bits per heavy atom. The maximum Gasteiger partial charge on any atom is 0.159 e. The maximum atomic E-state index is 11.3. The Morgan fingerprint density at radius 1 is 1.50 bits per heavy atom. The molecule has 0 aliphatic carbocycles. The number of carbonyl (C=O) groups is 1. The lowest BCUT2D eigenvalue weighted by Crippen LogP contribution is -2.08. The topological polar surface area (TPSA) is 26.3 Å². The molecule has 1 aromatic rings. The van der Waals surface area contributed by atoms with Crippen molar-refractivity contribution in [3.05, 3.63) is 42.0 Å². The van der Waals surface area contributed by atoms with Crippen LogP contribution in [-0.2, 0) is 6.42 Å². The molecule has 0 N–H and O–H groups in total. The van der Waals surface area contributed by atoms with E-state index in [9.17, 15) is 4.79 Å². The number of hydrogen-bond donors (Lipinski definition) is 0. The minimum atomic E-state index is 0.0707. The van der Waals surface area contributed by atoms with E-state index in [0.717, 1.165) is 11.3 Å². The number of Topliss-reactive ketones (excluding diaryl/α,β-unsaturated/α-hetero) is 1. The standard InChI is InChI=1S/C14H18O2/c1-5-6-13-9-12(11(4)15)7-8-14(13)16-10(2)3/h5,7-10H,1,6H2,2-4H3. The van der Waals surface area contributed by atoms with Crippen LogP contribution in [0.3, 0.4) is 0 Å². The SMILES string of the molecule is C=CCc1cc(C(C)=O)ccc1OC(C)C. The van der Waals surface area contributed by atoms with E-state index in [-0.39, 0.29) is 11.9 Å². The van der Waals surface area contributed by atoms with Gasteiger partial charge in [-0.3, -0.25) is 4.79 Å². The average molecular weight is 218 g/mol. The molecule has 2 nitrogen and oxygen atoms in total. The van der Waals surface area contributed by atoms with Gasteiger partial charge >= 0.3 is 0 Å². The van der Waals surface area contributed by atoms with Crippen LogP contribution in [0.4, 0.5) is 0 Å². The van der Waals surface area contributed by atoms with Gasteiger partial charge in [0.15, 0.2) is 5.78 Å². The van der Waals surface area contributed by atoms with Crippen molar-refractivity contribution in [2.45, 2.75) is 33.3 Å². The summed E-state index contributed by atoms with van der Waals surface area (Å²) < 4.78 is 5.67. The van der Waals surface area contributed by atoms with Crippen molar-refractivity contribution in [3.8, 4) is 5.75 Å². The molecule has 0 fully saturated rings. The number of carbonyl (C=O) groups excluding carboxylic acids is 1. The van der Waals surface area contributed by atoms with Gasteiger partial charge in [0.05, 0.1) is 6.10 Å².